The Morgan fingerprint density at radius 2 is 2.33 bits per heavy atom. The molecule has 0 radical (unpaired) electrons. The van der Waals surface area contributed by atoms with Gasteiger partial charge in [0.15, 0.2) is 0 Å². The van der Waals surface area contributed by atoms with Gasteiger partial charge in [0.25, 0.3) is 0 Å². The number of quaternary nitrogens is 1. The molecule has 7 heteroatoms. The second-order valence-corrected chi connectivity index (χ2v) is 3.12. The van der Waals surface area contributed by atoms with Gasteiger partial charge < -0.3 is 17.0 Å². The normalized spacial score (nSPS) is 25.8. The number of rotatable bonds is 1. The summed E-state index contributed by atoms with van der Waals surface area (Å²) in [5.41, 5.74) is 0. The van der Waals surface area contributed by atoms with Crippen LogP contribution in [0, 0.1) is 0 Å². The molecule has 0 saturated carbocycles. The lowest BCUT2D eigenvalue weighted by Gasteiger charge is -2.10. The molecular weight excluding hydrogens is 242 g/mol. The number of thiazole rings is 1. The first-order valence-electron chi connectivity index (χ1n) is 3.04. The average molecular weight is 248 g/mol. The van der Waals surface area contributed by atoms with E-state index in [1.807, 2.05) is 12.4 Å². The van der Waals surface area contributed by atoms with E-state index in [-0.39, 0.29) is 21.6 Å². The maximum absolute atomic E-state index is 4.12. The van der Waals surface area contributed by atoms with Crippen LogP contribution in [0.5, 0.6) is 0 Å². The van der Waals surface area contributed by atoms with E-state index in [1.54, 1.807) is 12.5 Å². The molecule has 64 valence electrons. The van der Waals surface area contributed by atoms with Crippen molar-refractivity contribution < 1.29 is 17.0 Å². The van der Waals surface area contributed by atoms with Crippen molar-refractivity contribution in [3.63, 3.8) is 0 Å². The van der Waals surface area contributed by atoms with Crippen LogP contribution in [0.25, 0.3) is 0 Å². The van der Waals surface area contributed by atoms with Gasteiger partial charge in [-0.2, -0.15) is 4.98 Å². The van der Waals surface area contributed by atoms with Gasteiger partial charge in [-0.25, -0.2) is 0 Å². The molecule has 1 aliphatic rings. The predicted octanol–water partition coefficient (Wildman–Crippen LogP) is -1.59. The van der Waals surface area contributed by atoms with E-state index in [9.17, 15) is 0 Å². The largest absolute Gasteiger partial charge is 1.00 e. The highest BCUT2D eigenvalue weighted by Crippen LogP contribution is 2.24. The fourth-order valence-corrected chi connectivity index (χ4v) is 1.44. The molecule has 1 atom stereocenters. The van der Waals surface area contributed by atoms with Crippen LogP contribution in [0.1, 0.15) is 0 Å². The molecular formula is C5H6BrN5S. The number of hydrogen-bond acceptors (Lipinski definition) is 5. The molecule has 0 fully saturated rings. The highest BCUT2D eigenvalue weighted by molar-refractivity contribution is 7.13. The number of nitrogens with zero attached hydrogens (tertiary/aromatic N) is 5. The summed E-state index contributed by atoms with van der Waals surface area (Å²) in [6, 6.07) is 0. The number of halogens is 1. The molecule has 0 amide bonds. The van der Waals surface area contributed by atoms with E-state index in [1.165, 1.54) is 11.3 Å². The molecule has 2 heterocycles. The Morgan fingerprint density at radius 1 is 1.50 bits per heavy atom. The summed E-state index contributed by atoms with van der Waals surface area (Å²) in [7, 11) is 1.87. The van der Waals surface area contributed by atoms with Crippen LogP contribution in [0.4, 0.5) is 5.13 Å². The van der Waals surface area contributed by atoms with E-state index >= 15 is 0 Å². The first-order chi connectivity index (χ1) is 5.31. The minimum atomic E-state index is 0. The third-order valence-corrected chi connectivity index (χ3v) is 2.30. The summed E-state index contributed by atoms with van der Waals surface area (Å²) in [4.78, 5) is 4.12. The molecule has 0 aromatic carbocycles. The van der Waals surface area contributed by atoms with E-state index in [4.69, 9.17) is 0 Å². The topological polar surface area (TPSA) is 50.0 Å². The Kier molecular flexibility index (Phi) is 2.65. The van der Waals surface area contributed by atoms with Crippen molar-refractivity contribution in [2.24, 2.45) is 15.5 Å². The van der Waals surface area contributed by atoms with Crippen LogP contribution in [-0.4, -0.2) is 18.4 Å². The van der Waals surface area contributed by atoms with Crippen molar-refractivity contribution in [2.75, 3.05) is 7.05 Å². The van der Waals surface area contributed by atoms with Crippen molar-refractivity contribution >= 4 is 22.8 Å². The lowest BCUT2D eigenvalue weighted by atomic mass is 10.8. The minimum Gasteiger partial charge on any atom is -1.00 e. The Bertz CT molecular complexity index is 294. The molecule has 0 aliphatic carbocycles. The van der Waals surface area contributed by atoms with Gasteiger partial charge in [0.05, 0.1) is 5.22 Å². The van der Waals surface area contributed by atoms with Crippen molar-refractivity contribution in [1.82, 2.24) is 9.58 Å². The summed E-state index contributed by atoms with van der Waals surface area (Å²) in [5.74, 6) is 0. The van der Waals surface area contributed by atoms with Crippen LogP contribution in [0.15, 0.2) is 27.1 Å². The lowest BCUT2D eigenvalue weighted by Crippen LogP contribution is -3.00. The van der Waals surface area contributed by atoms with Crippen molar-refractivity contribution in [3.05, 3.63) is 11.6 Å². The van der Waals surface area contributed by atoms with Gasteiger partial charge in [-0.05, 0) is 0 Å². The minimum absolute atomic E-state index is 0. The predicted molar refractivity (Wildman–Crippen MR) is 43.2 cm³/mol. The van der Waals surface area contributed by atoms with Gasteiger partial charge in [0, 0.05) is 16.8 Å². The van der Waals surface area contributed by atoms with Crippen molar-refractivity contribution in [1.29, 1.82) is 0 Å². The molecule has 12 heavy (non-hydrogen) atoms. The van der Waals surface area contributed by atoms with Crippen LogP contribution < -0.4 is 21.6 Å². The quantitative estimate of drug-likeness (QED) is 0.553. The van der Waals surface area contributed by atoms with E-state index in [2.05, 4.69) is 20.5 Å². The molecule has 1 aromatic heterocycles. The summed E-state index contributed by atoms with van der Waals surface area (Å²) in [6.45, 7) is 0. The Labute approximate surface area is 83.8 Å². The summed E-state index contributed by atoms with van der Waals surface area (Å²) in [5, 5.41) is 13.9. The van der Waals surface area contributed by atoms with Gasteiger partial charge in [0.2, 0.25) is 6.34 Å². The van der Waals surface area contributed by atoms with Crippen LogP contribution >= 0.6 is 11.3 Å². The molecule has 0 spiro atoms. The first kappa shape index (κ1) is 9.43. The number of hydrogen-bond donors (Lipinski definition) is 0. The van der Waals surface area contributed by atoms with Gasteiger partial charge in [-0.1, -0.05) is 21.0 Å². The summed E-state index contributed by atoms with van der Waals surface area (Å²) >= 11 is 1.54. The molecule has 1 unspecified atom stereocenters. The first-order valence-corrected chi connectivity index (χ1v) is 3.92. The van der Waals surface area contributed by atoms with Crippen molar-refractivity contribution in [2.45, 2.75) is 0 Å². The van der Waals surface area contributed by atoms with Gasteiger partial charge in [-0.15, -0.1) is 0 Å². The number of aromatic nitrogens is 1. The molecule has 1 aromatic rings. The zero-order chi connectivity index (χ0) is 7.73. The monoisotopic (exact) mass is 247 g/mol. The zero-order valence-electron chi connectivity index (χ0n) is 6.25. The van der Waals surface area contributed by atoms with Crippen molar-refractivity contribution in [3.8, 4) is 0 Å². The molecule has 0 N–H and O–H groups in total. The molecule has 0 bridgehead atoms. The Hall–Kier alpha value is -0.660. The summed E-state index contributed by atoms with van der Waals surface area (Å²) in [6.07, 6.45) is 3.38. The zero-order valence-corrected chi connectivity index (χ0v) is 8.66. The fraction of sp³-hybridized carbons (Fsp3) is 0.200. The Balaban J connectivity index is 0.000000720. The van der Waals surface area contributed by atoms with Gasteiger partial charge in [-0.3, -0.25) is 0 Å². The van der Waals surface area contributed by atoms with Crippen LogP contribution in [0.2, 0.25) is 0 Å². The van der Waals surface area contributed by atoms with E-state index in [0.717, 1.165) is 5.13 Å². The molecule has 5 nitrogen and oxygen atoms in total. The fourth-order valence-electron chi connectivity index (χ4n) is 0.780. The smallest absolute Gasteiger partial charge is 0.320 e. The molecule has 0 saturated heterocycles. The lowest BCUT2D eigenvalue weighted by molar-refractivity contribution is -0.00000234. The second kappa shape index (κ2) is 3.38. The third kappa shape index (κ3) is 1.43. The maximum atomic E-state index is 4.12. The third-order valence-electron chi connectivity index (χ3n) is 1.36. The highest BCUT2D eigenvalue weighted by atomic mass is 79.9. The average Bonchev–Trinajstić information content (AvgIpc) is 2.55. The standard InChI is InChI=1S/C5H6N5S.BrH/c1-10(4-7-8-9-10)5-6-2-3-11-5;/h2-4H,1H3;1H/q+1;/p-1. The maximum Gasteiger partial charge on any atom is 0.320 e. The van der Waals surface area contributed by atoms with E-state index < -0.39 is 0 Å². The van der Waals surface area contributed by atoms with Crippen LogP contribution in [0.3, 0.4) is 0 Å². The van der Waals surface area contributed by atoms with Crippen LogP contribution in [-0.2, 0) is 0 Å². The summed E-state index contributed by atoms with van der Waals surface area (Å²) < 4.78 is 0.234. The van der Waals surface area contributed by atoms with Gasteiger partial charge in [0.1, 0.15) is 7.05 Å². The second-order valence-electron chi connectivity index (χ2n) is 2.25. The molecule has 2 rings (SSSR count). The molecule has 1 aliphatic heterocycles. The SMILES string of the molecule is C[N+]1(c2nccs2)C=NN=N1.[Br-]. The van der Waals surface area contributed by atoms with E-state index in [0.29, 0.717) is 0 Å². The Morgan fingerprint density at radius 3 is 2.83 bits per heavy atom. The van der Waals surface area contributed by atoms with Gasteiger partial charge >= 0.3 is 5.13 Å². The highest BCUT2D eigenvalue weighted by Gasteiger charge is 2.30.